The fourth-order valence-electron chi connectivity index (χ4n) is 4.72. The van der Waals surface area contributed by atoms with Gasteiger partial charge in [-0.05, 0) is 68.0 Å². The molecule has 0 bridgehead atoms. The van der Waals surface area contributed by atoms with E-state index in [0.717, 1.165) is 6.54 Å². The first kappa shape index (κ1) is 18.4. The summed E-state index contributed by atoms with van der Waals surface area (Å²) in [6.45, 7) is 4.57. The van der Waals surface area contributed by atoms with Crippen molar-refractivity contribution in [2.45, 2.75) is 37.6 Å². The van der Waals surface area contributed by atoms with Crippen LogP contribution in [0.25, 0.3) is 0 Å². The molecule has 2 aromatic rings. The molecular weight excluding hydrogens is 334 g/mol. The minimum Gasteiger partial charge on any atom is -0.384 e. The van der Waals surface area contributed by atoms with Crippen molar-refractivity contribution in [1.82, 2.24) is 20.7 Å². The quantitative estimate of drug-likeness (QED) is 0.734. The number of hydrogen-bond acceptors (Lipinski definition) is 5. The van der Waals surface area contributed by atoms with Crippen molar-refractivity contribution in [1.29, 1.82) is 0 Å². The summed E-state index contributed by atoms with van der Waals surface area (Å²) in [7, 11) is 0. The number of aromatic nitrogens is 1. The van der Waals surface area contributed by atoms with Gasteiger partial charge in [-0.3, -0.25) is 10.9 Å². The predicted molar refractivity (Wildman–Crippen MR) is 110 cm³/mol. The van der Waals surface area contributed by atoms with Crippen LogP contribution in [0.2, 0.25) is 0 Å². The van der Waals surface area contributed by atoms with Gasteiger partial charge in [0.15, 0.2) is 0 Å². The van der Waals surface area contributed by atoms with Crippen LogP contribution >= 0.6 is 0 Å². The number of nitrogen functional groups attached to an aromatic ring is 1. The summed E-state index contributed by atoms with van der Waals surface area (Å²) in [4.78, 5) is 6.81. The van der Waals surface area contributed by atoms with Crippen molar-refractivity contribution >= 4 is 5.82 Å². The highest BCUT2D eigenvalue weighted by Gasteiger charge is 2.36. The average molecular weight is 366 g/mol. The molecule has 4 N–H and O–H groups in total. The van der Waals surface area contributed by atoms with Crippen molar-refractivity contribution in [2.24, 2.45) is 5.92 Å². The van der Waals surface area contributed by atoms with Crippen molar-refractivity contribution in [3.63, 3.8) is 0 Å². The van der Waals surface area contributed by atoms with Gasteiger partial charge in [0.1, 0.15) is 5.82 Å². The normalized spacial score (nSPS) is 26.3. The van der Waals surface area contributed by atoms with Crippen molar-refractivity contribution in [2.75, 3.05) is 31.9 Å². The van der Waals surface area contributed by atoms with Crippen LogP contribution in [0.1, 0.15) is 36.3 Å². The molecule has 0 spiro atoms. The summed E-state index contributed by atoms with van der Waals surface area (Å²) in [5, 5.41) is 0. The molecule has 0 saturated carbocycles. The second-order valence-corrected chi connectivity index (χ2v) is 7.96. The Bertz CT molecular complexity index is 720. The van der Waals surface area contributed by atoms with E-state index in [9.17, 15) is 0 Å². The van der Waals surface area contributed by atoms with Crippen LogP contribution in [0.15, 0.2) is 48.7 Å². The first-order valence-corrected chi connectivity index (χ1v) is 10.3. The molecule has 1 aromatic carbocycles. The molecule has 144 valence electrons. The zero-order valence-electron chi connectivity index (χ0n) is 16.0. The number of nitrogens with two attached hydrogens (primary N) is 1. The van der Waals surface area contributed by atoms with E-state index in [2.05, 4.69) is 57.1 Å². The number of rotatable bonds is 6. The fraction of sp³-hybridized carbons (Fsp3) is 0.500. The largest absolute Gasteiger partial charge is 0.384 e. The molecule has 0 radical (unpaired) electrons. The minimum absolute atomic E-state index is 0.462. The maximum absolute atomic E-state index is 5.91. The number of benzene rings is 1. The lowest BCUT2D eigenvalue weighted by molar-refractivity contribution is 0.144. The lowest BCUT2D eigenvalue weighted by Gasteiger charge is -2.37. The van der Waals surface area contributed by atoms with Gasteiger partial charge in [0.2, 0.25) is 0 Å². The number of anilines is 1. The second kappa shape index (κ2) is 8.83. The molecule has 3 atom stereocenters. The Morgan fingerprint density at radius 1 is 1.19 bits per heavy atom. The van der Waals surface area contributed by atoms with E-state index in [1.165, 1.54) is 56.4 Å². The summed E-state index contributed by atoms with van der Waals surface area (Å²) >= 11 is 0. The lowest BCUT2D eigenvalue weighted by atomic mass is 9.81. The number of aryl methyl sites for hydroxylation is 1. The van der Waals surface area contributed by atoms with Crippen molar-refractivity contribution in [3.8, 4) is 0 Å². The molecule has 2 fully saturated rings. The molecule has 5 heteroatoms. The van der Waals surface area contributed by atoms with Crippen LogP contribution in [0, 0.1) is 5.92 Å². The van der Waals surface area contributed by atoms with Gasteiger partial charge in [-0.2, -0.15) is 0 Å². The van der Waals surface area contributed by atoms with Crippen LogP contribution in [-0.2, 0) is 6.42 Å². The van der Waals surface area contributed by atoms with E-state index in [4.69, 9.17) is 5.73 Å². The minimum atomic E-state index is 0.462. The average Bonchev–Trinajstić information content (AvgIpc) is 3.19. The van der Waals surface area contributed by atoms with Crippen molar-refractivity contribution in [3.05, 3.63) is 59.8 Å². The maximum Gasteiger partial charge on any atom is 0.123 e. The Hall–Kier alpha value is -1.95. The van der Waals surface area contributed by atoms with Crippen LogP contribution in [0.4, 0.5) is 5.82 Å². The molecule has 0 aliphatic carbocycles. The van der Waals surface area contributed by atoms with E-state index in [0.29, 0.717) is 23.7 Å². The van der Waals surface area contributed by atoms with Gasteiger partial charge in [0.25, 0.3) is 0 Å². The Kier molecular flexibility index (Phi) is 6.02. The molecule has 27 heavy (non-hydrogen) atoms. The monoisotopic (exact) mass is 365 g/mol. The Labute approximate surface area is 162 Å². The third kappa shape index (κ3) is 4.67. The van der Waals surface area contributed by atoms with Crippen LogP contribution in [0.5, 0.6) is 0 Å². The summed E-state index contributed by atoms with van der Waals surface area (Å²) in [5.74, 6) is 1.75. The summed E-state index contributed by atoms with van der Waals surface area (Å²) in [5.41, 5.74) is 15.6. The molecule has 3 heterocycles. The number of nitrogens with one attached hydrogen (secondary N) is 2. The number of hydrazine groups is 1. The van der Waals surface area contributed by atoms with E-state index in [1.807, 2.05) is 12.3 Å². The highest BCUT2D eigenvalue weighted by atomic mass is 15.4. The van der Waals surface area contributed by atoms with E-state index in [1.54, 1.807) is 0 Å². The van der Waals surface area contributed by atoms with Gasteiger partial charge < -0.3 is 10.6 Å². The van der Waals surface area contributed by atoms with Crippen LogP contribution in [-0.4, -0.2) is 42.1 Å². The molecule has 0 amide bonds. The van der Waals surface area contributed by atoms with E-state index < -0.39 is 0 Å². The molecule has 1 aromatic heterocycles. The molecule has 2 aliphatic heterocycles. The van der Waals surface area contributed by atoms with Gasteiger partial charge in [-0.1, -0.05) is 30.3 Å². The highest BCUT2D eigenvalue weighted by Crippen LogP contribution is 2.32. The van der Waals surface area contributed by atoms with Crippen LogP contribution in [0.3, 0.4) is 0 Å². The summed E-state index contributed by atoms with van der Waals surface area (Å²) < 4.78 is 0. The van der Waals surface area contributed by atoms with Gasteiger partial charge in [-0.25, -0.2) is 4.98 Å². The smallest absolute Gasteiger partial charge is 0.123 e. The molecule has 4 rings (SSSR count). The summed E-state index contributed by atoms with van der Waals surface area (Å²) in [6.07, 6.45) is 6.82. The summed E-state index contributed by atoms with van der Waals surface area (Å²) in [6, 6.07) is 15.4. The SMILES string of the molecule is Nc1cc(C2CNNC2C2CCCN(CCCc3ccccc3)C2)ccn1. The van der Waals surface area contributed by atoms with Crippen LogP contribution < -0.4 is 16.6 Å². The van der Waals surface area contributed by atoms with E-state index >= 15 is 0 Å². The van der Waals surface area contributed by atoms with Gasteiger partial charge in [0.05, 0.1) is 0 Å². The molecular formula is C22H31N5. The zero-order valence-corrected chi connectivity index (χ0v) is 16.0. The first-order valence-electron chi connectivity index (χ1n) is 10.3. The van der Waals surface area contributed by atoms with Gasteiger partial charge in [0, 0.05) is 31.2 Å². The van der Waals surface area contributed by atoms with Gasteiger partial charge >= 0.3 is 0 Å². The lowest BCUT2D eigenvalue weighted by Crippen LogP contribution is -2.46. The Morgan fingerprint density at radius 3 is 2.93 bits per heavy atom. The zero-order chi connectivity index (χ0) is 18.5. The predicted octanol–water partition coefficient (Wildman–Crippen LogP) is 2.57. The molecule has 2 aliphatic rings. The third-order valence-electron chi connectivity index (χ3n) is 6.09. The Balaban J connectivity index is 1.33. The fourth-order valence-corrected chi connectivity index (χ4v) is 4.72. The van der Waals surface area contributed by atoms with Gasteiger partial charge in [-0.15, -0.1) is 0 Å². The molecule has 5 nitrogen and oxygen atoms in total. The Morgan fingerprint density at radius 2 is 2.07 bits per heavy atom. The first-order chi connectivity index (χ1) is 13.3. The topological polar surface area (TPSA) is 66.2 Å². The van der Waals surface area contributed by atoms with Crippen molar-refractivity contribution < 1.29 is 0 Å². The maximum atomic E-state index is 5.91. The number of hydrogen-bond donors (Lipinski definition) is 3. The number of pyridine rings is 1. The second-order valence-electron chi connectivity index (χ2n) is 7.96. The molecule has 2 saturated heterocycles. The molecule has 3 unspecified atom stereocenters. The number of piperidine rings is 1. The third-order valence-corrected chi connectivity index (χ3v) is 6.09. The standard InChI is InChI=1S/C22H31N5/c23-21-14-18(10-11-24-21)20-15-25-26-22(20)19-9-5-13-27(16-19)12-4-8-17-6-2-1-3-7-17/h1-3,6-7,10-11,14,19-20,22,25-26H,4-5,8-9,12-13,15-16H2,(H2,23,24). The number of nitrogens with zero attached hydrogens (tertiary/aromatic N) is 2. The van der Waals surface area contributed by atoms with E-state index in [-0.39, 0.29) is 0 Å². The highest BCUT2D eigenvalue weighted by molar-refractivity contribution is 5.35. The number of likely N-dealkylation sites (tertiary alicyclic amines) is 1.